The first-order valence-electron chi connectivity index (χ1n) is 8.27. The zero-order valence-corrected chi connectivity index (χ0v) is 13.6. The van der Waals surface area contributed by atoms with Crippen molar-refractivity contribution < 1.29 is 9.90 Å². The van der Waals surface area contributed by atoms with Crippen LogP contribution in [0.4, 0.5) is 0 Å². The van der Waals surface area contributed by atoms with E-state index in [0.29, 0.717) is 5.92 Å². The Labute approximate surface area is 141 Å². The number of hydrogen-bond acceptors (Lipinski definition) is 3. The molecular weight excluding hydrogens is 304 g/mol. The summed E-state index contributed by atoms with van der Waals surface area (Å²) >= 11 is 0. The molecule has 1 saturated heterocycles. The van der Waals surface area contributed by atoms with Crippen LogP contribution in [0.25, 0.3) is 0 Å². The van der Waals surface area contributed by atoms with Gasteiger partial charge in [-0.05, 0) is 36.0 Å². The molecule has 0 aliphatic carbocycles. The minimum absolute atomic E-state index is 0.00471. The standard InChI is InChI=1S/C19H22N2O3/c22-14-17-5-3-4-15(11-17)10-16-7-9-21(12-16)19(24)13-20-8-2-1-6-18(20)23/h1-6,8,11,16,22H,7,9-10,12-14H2. The molecule has 126 valence electrons. The molecule has 0 bridgehead atoms. The van der Waals surface area contributed by atoms with Gasteiger partial charge in [-0.25, -0.2) is 0 Å². The first-order chi connectivity index (χ1) is 11.7. The third kappa shape index (κ3) is 3.92. The lowest BCUT2D eigenvalue weighted by Gasteiger charge is -2.17. The Morgan fingerprint density at radius 2 is 2.00 bits per heavy atom. The van der Waals surface area contributed by atoms with Gasteiger partial charge in [0.25, 0.3) is 5.56 Å². The number of hydrogen-bond donors (Lipinski definition) is 1. The predicted molar refractivity (Wildman–Crippen MR) is 91.5 cm³/mol. The van der Waals surface area contributed by atoms with Crippen molar-refractivity contribution in [3.8, 4) is 0 Å². The number of benzene rings is 1. The third-order valence-electron chi connectivity index (χ3n) is 4.54. The SMILES string of the molecule is O=C(Cn1ccccc1=O)N1CCC(Cc2cccc(CO)c2)C1. The summed E-state index contributed by atoms with van der Waals surface area (Å²) in [5, 5.41) is 9.22. The Morgan fingerprint density at radius 3 is 2.79 bits per heavy atom. The fourth-order valence-corrected chi connectivity index (χ4v) is 3.25. The van der Waals surface area contributed by atoms with Crippen LogP contribution < -0.4 is 5.56 Å². The van der Waals surface area contributed by atoms with Gasteiger partial charge in [0.15, 0.2) is 0 Å². The number of amides is 1. The molecule has 1 amide bonds. The summed E-state index contributed by atoms with van der Waals surface area (Å²) in [6, 6.07) is 12.9. The molecule has 1 unspecified atom stereocenters. The van der Waals surface area contributed by atoms with Gasteiger partial charge in [-0.3, -0.25) is 9.59 Å². The van der Waals surface area contributed by atoms with E-state index in [0.717, 1.165) is 31.5 Å². The second kappa shape index (κ2) is 7.45. The quantitative estimate of drug-likeness (QED) is 0.904. The molecule has 1 aliphatic heterocycles. The Kier molecular flexibility index (Phi) is 5.11. The van der Waals surface area contributed by atoms with Gasteiger partial charge < -0.3 is 14.6 Å². The predicted octanol–water partition coefficient (Wildman–Crippen LogP) is 1.43. The topological polar surface area (TPSA) is 62.5 Å². The Bertz CT molecular complexity index is 769. The lowest BCUT2D eigenvalue weighted by Crippen LogP contribution is -2.34. The summed E-state index contributed by atoms with van der Waals surface area (Å²) < 4.78 is 1.44. The second-order valence-electron chi connectivity index (χ2n) is 6.34. The van der Waals surface area contributed by atoms with Crippen molar-refractivity contribution in [1.29, 1.82) is 0 Å². The molecular formula is C19H22N2O3. The lowest BCUT2D eigenvalue weighted by atomic mass is 9.97. The van der Waals surface area contributed by atoms with Crippen molar-refractivity contribution in [3.63, 3.8) is 0 Å². The number of aliphatic hydroxyl groups excluding tert-OH is 1. The van der Waals surface area contributed by atoms with Crippen LogP contribution in [0.5, 0.6) is 0 Å². The van der Waals surface area contributed by atoms with Crippen molar-refractivity contribution in [2.24, 2.45) is 5.92 Å². The van der Waals surface area contributed by atoms with Gasteiger partial charge in [0.2, 0.25) is 5.91 Å². The molecule has 3 rings (SSSR count). The van der Waals surface area contributed by atoms with Gasteiger partial charge in [0, 0.05) is 25.4 Å². The van der Waals surface area contributed by atoms with Crippen LogP contribution in [0.3, 0.4) is 0 Å². The average molecular weight is 326 g/mol. The first-order valence-corrected chi connectivity index (χ1v) is 8.27. The van der Waals surface area contributed by atoms with Crippen LogP contribution >= 0.6 is 0 Å². The van der Waals surface area contributed by atoms with Crippen molar-refractivity contribution in [2.75, 3.05) is 13.1 Å². The molecule has 0 saturated carbocycles. The van der Waals surface area contributed by atoms with E-state index in [1.807, 2.05) is 23.1 Å². The highest BCUT2D eigenvalue weighted by Crippen LogP contribution is 2.21. The van der Waals surface area contributed by atoms with E-state index >= 15 is 0 Å². The van der Waals surface area contributed by atoms with Crippen LogP contribution in [-0.2, 0) is 24.4 Å². The number of carbonyl (C=O) groups excluding carboxylic acids is 1. The fraction of sp³-hybridized carbons (Fsp3) is 0.368. The minimum atomic E-state index is -0.151. The largest absolute Gasteiger partial charge is 0.392 e. The summed E-state index contributed by atoms with van der Waals surface area (Å²) in [5.74, 6) is 0.422. The van der Waals surface area contributed by atoms with Crippen LogP contribution in [0.1, 0.15) is 17.5 Å². The Balaban J connectivity index is 1.57. The zero-order valence-electron chi connectivity index (χ0n) is 13.6. The Hall–Kier alpha value is -2.40. The number of likely N-dealkylation sites (tertiary alicyclic amines) is 1. The fourth-order valence-electron chi connectivity index (χ4n) is 3.25. The van der Waals surface area contributed by atoms with Gasteiger partial charge in [0.05, 0.1) is 6.61 Å². The van der Waals surface area contributed by atoms with E-state index in [1.54, 1.807) is 18.3 Å². The minimum Gasteiger partial charge on any atom is -0.392 e. The number of pyridine rings is 1. The van der Waals surface area contributed by atoms with Gasteiger partial charge in [-0.2, -0.15) is 0 Å². The number of nitrogens with zero attached hydrogens (tertiary/aromatic N) is 2. The highest BCUT2D eigenvalue weighted by molar-refractivity contribution is 5.76. The molecule has 1 N–H and O–H groups in total. The van der Waals surface area contributed by atoms with Crippen molar-refractivity contribution in [3.05, 3.63) is 70.1 Å². The molecule has 5 heteroatoms. The smallest absolute Gasteiger partial charge is 0.250 e. The molecule has 1 aromatic heterocycles. The Morgan fingerprint density at radius 1 is 1.17 bits per heavy atom. The molecule has 1 aliphatic rings. The van der Waals surface area contributed by atoms with Crippen LogP contribution in [0.15, 0.2) is 53.5 Å². The maximum Gasteiger partial charge on any atom is 0.250 e. The second-order valence-corrected chi connectivity index (χ2v) is 6.34. The number of aliphatic hydroxyl groups is 1. The summed E-state index contributed by atoms with van der Waals surface area (Å²) in [6.07, 6.45) is 3.52. The summed E-state index contributed by atoms with van der Waals surface area (Å²) in [5.41, 5.74) is 1.96. The molecule has 5 nitrogen and oxygen atoms in total. The highest BCUT2D eigenvalue weighted by atomic mass is 16.3. The normalized spacial score (nSPS) is 17.2. The molecule has 1 atom stereocenters. The number of aromatic nitrogens is 1. The van der Waals surface area contributed by atoms with E-state index in [-0.39, 0.29) is 24.6 Å². The van der Waals surface area contributed by atoms with Crippen LogP contribution in [-0.4, -0.2) is 33.6 Å². The van der Waals surface area contributed by atoms with E-state index in [2.05, 4.69) is 6.07 Å². The molecule has 2 aromatic rings. The number of rotatable bonds is 5. The van der Waals surface area contributed by atoms with Crippen molar-refractivity contribution >= 4 is 5.91 Å². The lowest BCUT2D eigenvalue weighted by molar-refractivity contribution is -0.130. The van der Waals surface area contributed by atoms with Crippen molar-refractivity contribution in [2.45, 2.75) is 26.0 Å². The maximum atomic E-state index is 12.4. The average Bonchev–Trinajstić information content (AvgIpc) is 3.06. The number of carbonyl (C=O) groups is 1. The molecule has 1 fully saturated rings. The molecule has 2 heterocycles. The van der Waals surface area contributed by atoms with Crippen LogP contribution in [0.2, 0.25) is 0 Å². The molecule has 24 heavy (non-hydrogen) atoms. The maximum absolute atomic E-state index is 12.4. The molecule has 0 spiro atoms. The molecule has 1 aromatic carbocycles. The van der Waals surface area contributed by atoms with Gasteiger partial charge in [-0.15, -0.1) is 0 Å². The highest BCUT2D eigenvalue weighted by Gasteiger charge is 2.26. The third-order valence-corrected chi connectivity index (χ3v) is 4.54. The van der Waals surface area contributed by atoms with E-state index in [9.17, 15) is 14.7 Å². The van der Waals surface area contributed by atoms with E-state index < -0.39 is 0 Å². The van der Waals surface area contributed by atoms with E-state index in [1.165, 1.54) is 16.2 Å². The monoisotopic (exact) mass is 326 g/mol. The first kappa shape index (κ1) is 16.5. The summed E-state index contributed by atoms with van der Waals surface area (Å²) in [7, 11) is 0. The molecule has 0 radical (unpaired) electrons. The van der Waals surface area contributed by atoms with Crippen molar-refractivity contribution in [1.82, 2.24) is 9.47 Å². The van der Waals surface area contributed by atoms with Gasteiger partial charge >= 0.3 is 0 Å². The van der Waals surface area contributed by atoms with Gasteiger partial charge in [-0.1, -0.05) is 30.3 Å². The van der Waals surface area contributed by atoms with E-state index in [4.69, 9.17) is 0 Å². The van der Waals surface area contributed by atoms with Gasteiger partial charge in [0.1, 0.15) is 6.54 Å². The van der Waals surface area contributed by atoms with Crippen LogP contribution in [0, 0.1) is 5.92 Å². The summed E-state index contributed by atoms with van der Waals surface area (Å²) in [4.78, 5) is 26.0. The zero-order chi connectivity index (χ0) is 16.9. The summed E-state index contributed by atoms with van der Waals surface area (Å²) in [6.45, 7) is 1.62.